The van der Waals surface area contributed by atoms with Gasteiger partial charge in [-0.05, 0) is 36.6 Å². The van der Waals surface area contributed by atoms with E-state index in [0.717, 1.165) is 23.9 Å². The molecule has 26 heavy (non-hydrogen) atoms. The highest BCUT2D eigenvalue weighted by molar-refractivity contribution is 5.79. The zero-order valence-electron chi connectivity index (χ0n) is 14.4. The van der Waals surface area contributed by atoms with Crippen LogP contribution in [0.2, 0.25) is 0 Å². The Hall–Kier alpha value is -3.02. The smallest absolute Gasteiger partial charge is 0.261 e. The van der Waals surface area contributed by atoms with E-state index in [1.807, 2.05) is 41.3 Å². The van der Waals surface area contributed by atoms with Gasteiger partial charge in [-0.1, -0.05) is 18.2 Å². The topological polar surface area (TPSA) is 68.1 Å². The zero-order valence-corrected chi connectivity index (χ0v) is 14.4. The summed E-state index contributed by atoms with van der Waals surface area (Å²) >= 11 is 0. The number of hydrogen-bond acceptors (Lipinski definition) is 4. The zero-order chi connectivity index (χ0) is 17.9. The highest BCUT2D eigenvalue weighted by Crippen LogP contribution is 2.22. The van der Waals surface area contributed by atoms with Gasteiger partial charge in [-0.25, -0.2) is 4.98 Å². The number of fused-ring (bicyclic) bond motifs is 1. The van der Waals surface area contributed by atoms with Crippen molar-refractivity contribution in [2.45, 2.75) is 25.3 Å². The third kappa shape index (κ3) is 3.22. The van der Waals surface area contributed by atoms with Gasteiger partial charge in [0.1, 0.15) is 0 Å². The number of rotatable bonds is 3. The van der Waals surface area contributed by atoms with Crippen LogP contribution in [-0.2, 0) is 11.2 Å². The molecule has 0 bridgehead atoms. The van der Waals surface area contributed by atoms with Gasteiger partial charge in [-0.2, -0.15) is 0 Å². The Morgan fingerprint density at radius 1 is 1.12 bits per heavy atom. The summed E-state index contributed by atoms with van der Waals surface area (Å²) < 4.78 is 1.73. The Balaban J connectivity index is 1.44. The third-order valence-electron chi connectivity index (χ3n) is 4.98. The lowest BCUT2D eigenvalue weighted by molar-refractivity contribution is -0.131. The van der Waals surface area contributed by atoms with Crippen molar-refractivity contribution in [3.8, 4) is 0 Å². The molecule has 0 unspecified atom stereocenters. The SMILES string of the molecule is O=C(Cc1cccnc1)N1CCC(n2cnc3ccccc3c2=O)CC1. The summed E-state index contributed by atoms with van der Waals surface area (Å²) in [6.45, 7) is 1.31. The molecule has 1 amide bonds. The first-order valence-electron chi connectivity index (χ1n) is 8.85. The maximum absolute atomic E-state index is 12.7. The fourth-order valence-corrected chi connectivity index (χ4v) is 3.53. The van der Waals surface area contributed by atoms with Crippen molar-refractivity contribution in [1.29, 1.82) is 0 Å². The largest absolute Gasteiger partial charge is 0.342 e. The van der Waals surface area contributed by atoms with Crippen LogP contribution in [0.1, 0.15) is 24.4 Å². The highest BCUT2D eigenvalue weighted by atomic mass is 16.2. The Morgan fingerprint density at radius 3 is 2.69 bits per heavy atom. The molecule has 0 aliphatic carbocycles. The highest BCUT2D eigenvalue weighted by Gasteiger charge is 2.24. The van der Waals surface area contributed by atoms with E-state index in [-0.39, 0.29) is 17.5 Å². The van der Waals surface area contributed by atoms with Gasteiger partial charge in [0.05, 0.1) is 23.7 Å². The van der Waals surface area contributed by atoms with Crippen LogP contribution in [0.25, 0.3) is 10.9 Å². The summed E-state index contributed by atoms with van der Waals surface area (Å²) in [6.07, 6.45) is 6.97. The molecule has 4 rings (SSSR count). The van der Waals surface area contributed by atoms with Gasteiger partial charge >= 0.3 is 0 Å². The van der Waals surface area contributed by atoms with Crippen LogP contribution < -0.4 is 5.56 Å². The number of pyridine rings is 1. The molecule has 3 heterocycles. The third-order valence-corrected chi connectivity index (χ3v) is 4.98. The number of piperidine rings is 1. The standard InChI is InChI=1S/C20H20N4O2/c25-19(12-15-4-3-9-21-13-15)23-10-7-16(8-11-23)24-14-22-18-6-2-1-5-17(18)20(24)26/h1-6,9,13-14,16H,7-8,10-12H2. The van der Waals surface area contributed by atoms with Crippen LogP contribution in [0, 0.1) is 0 Å². The second-order valence-corrected chi connectivity index (χ2v) is 6.62. The number of amides is 1. The Morgan fingerprint density at radius 2 is 1.92 bits per heavy atom. The minimum Gasteiger partial charge on any atom is -0.342 e. The predicted molar refractivity (Wildman–Crippen MR) is 98.8 cm³/mol. The summed E-state index contributed by atoms with van der Waals surface area (Å²) in [4.78, 5) is 35.5. The first-order valence-corrected chi connectivity index (χ1v) is 8.85. The van der Waals surface area contributed by atoms with Gasteiger partial charge in [-0.15, -0.1) is 0 Å². The first-order chi connectivity index (χ1) is 12.7. The van der Waals surface area contributed by atoms with Crippen LogP contribution >= 0.6 is 0 Å². The summed E-state index contributed by atoms with van der Waals surface area (Å²) in [5.41, 5.74) is 1.64. The molecular formula is C20H20N4O2. The fraction of sp³-hybridized carbons (Fsp3) is 0.300. The second-order valence-electron chi connectivity index (χ2n) is 6.62. The Labute approximate surface area is 151 Å². The second kappa shape index (κ2) is 7.07. The minimum atomic E-state index is -0.00395. The molecular weight excluding hydrogens is 328 g/mol. The van der Waals surface area contributed by atoms with Gasteiger partial charge < -0.3 is 4.90 Å². The predicted octanol–water partition coefficient (Wildman–Crippen LogP) is 2.20. The monoisotopic (exact) mass is 348 g/mol. The molecule has 0 atom stereocenters. The molecule has 1 aliphatic rings. The number of likely N-dealkylation sites (tertiary alicyclic amines) is 1. The number of para-hydroxylation sites is 1. The number of benzene rings is 1. The Kier molecular flexibility index (Phi) is 4.48. The summed E-state index contributed by atoms with van der Waals surface area (Å²) in [6, 6.07) is 11.2. The molecule has 1 aromatic carbocycles. The van der Waals surface area contributed by atoms with Crippen molar-refractivity contribution < 1.29 is 4.79 Å². The van der Waals surface area contributed by atoms with Crippen molar-refractivity contribution in [2.75, 3.05) is 13.1 Å². The molecule has 0 saturated carbocycles. The van der Waals surface area contributed by atoms with E-state index >= 15 is 0 Å². The lowest BCUT2D eigenvalue weighted by Gasteiger charge is -2.33. The fourth-order valence-electron chi connectivity index (χ4n) is 3.53. The maximum atomic E-state index is 12.7. The molecule has 0 radical (unpaired) electrons. The van der Waals surface area contributed by atoms with E-state index in [0.29, 0.717) is 24.9 Å². The average molecular weight is 348 g/mol. The number of hydrogen-bond donors (Lipinski definition) is 0. The lowest BCUT2D eigenvalue weighted by Crippen LogP contribution is -2.41. The van der Waals surface area contributed by atoms with Crippen LogP contribution in [0.3, 0.4) is 0 Å². The van der Waals surface area contributed by atoms with E-state index in [1.54, 1.807) is 23.3 Å². The summed E-state index contributed by atoms with van der Waals surface area (Å²) in [5.74, 6) is 0.112. The van der Waals surface area contributed by atoms with Crippen LogP contribution in [0.5, 0.6) is 0 Å². The van der Waals surface area contributed by atoms with Crippen LogP contribution in [0.15, 0.2) is 59.9 Å². The Bertz CT molecular complexity index is 976. The molecule has 2 aromatic heterocycles. The first kappa shape index (κ1) is 16.4. The van der Waals surface area contributed by atoms with Gasteiger partial charge in [-0.3, -0.25) is 19.1 Å². The maximum Gasteiger partial charge on any atom is 0.261 e. The molecule has 1 saturated heterocycles. The van der Waals surface area contributed by atoms with Gasteiger partial charge in [0.15, 0.2) is 0 Å². The normalized spacial score (nSPS) is 15.3. The van der Waals surface area contributed by atoms with Crippen molar-refractivity contribution in [1.82, 2.24) is 19.4 Å². The number of carbonyl (C=O) groups is 1. The van der Waals surface area contributed by atoms with Crippen molar-refractivity contribution in [3.05, 3.63) is 71.0 Å². The molecule has 0 spiro atoms. The number of aromatic nitrogens is 3. The van der Waals surface area contributed by atoms with E-state index in [2.05, 4.69) is 9.97 Å². The van der Waals surface area contributed by atoms with E-state index < -0.39 is 0 Å². The van der Waals surface area contributed by atoms with Gasteiger partial charge in [0.25, 0.3) is 5.56 Å². The molecule has 6 heteroatoms. The van der Waals surface area contributed by atoms with Crippen molar-refractivity contribution >= 4 is 16.8 Å². The van der Waals surface area contributed by atoms with Crippen molar-refractivity contribution in [3.63, 3.8) is 0 Å². The summed E-state index contributed by atoms with van der Waals surface area (Å²) in [7, 11) is 0. The number of nitrogens with zero attached hydrogens (tertiary/aromatic N) is 4. The average Bonchev–Trinajstić information content (AvgIpc) is 2.69. The van der Waals surface area contributed by atoms with E-state index in [4.69, 9.17) is 0 Å². The van der Waals surface area contributed by atoms with Crippen LogP contribution in [0.4, 0.5) is 0 Å². The quantitative estimate of drug-likeness (QED) is 0.728. The number of carbonyl (C=O) groups excluding carboxylic acids is 1. The van der Waals surface area contributed by atoms with E-state index in [1.165, 1.54) is 0 Å². The summed E-state index contributed by atoms with van der Waals surface area (Å²) in [5, 5.41) is 0.644. The van der Waals surface area contributed by atoms with E-state index in [9.17, 15) is 9.59 Å². The van der Waals surface area contributed by atoms with Crippen molar-refractivity contribution in [2.24, 2.45) is 0 Å². The van der Waals surface area contributed by atoms with Gasteiger partial charge in [0, 0.05) is 31.5 Å². The molecule has 6 nitrogen and oxygen atoms in total. The van der Waals surface area contributed by atoms with Crippen LogP contribution in [-0.4, -0.2) is 38.4 Å². The molecule has 0 N–H and O–H groups in total. The van der Waals surface area contributed by atoms with Gasteiger partial charge in [0.2, 0.25) is 5.91 Å². The molecule has 132 valence electrons. The minimum absolute atomic E-state index is 0.00395. The molecule has 3 aromatic rings. The lowest BCUT2D eigenvalue weighted by atomic mass is 10.0. The molecule has 1 aliphatic heterocycles. The molecule has 1 fully saturated rings.